The van der Waals surface area contributed by atoms with E-state index in [-0.39, 0.29) is 24.4 Å². The Bertz CT molecular complexity index is 466. The topological polar surface area (TPSA) is 56.1 Å². The first kappa shape index (κ1) is 13.6. The molecule has 1 aliphatic rings. The molecule has 0 saturated carbocycles. The lowest BCUT2D eigenvalue weighted by Gasteiger charge is -2.28. The first-order chi connectivity index (χ1) is 9.22. The van der Waals surface area contributed by atoms with Crippen LogP contribution in [0.2, 0.25) is 0 Å². The summed E-state index contributed by atoms with van der Waals surface area (Å²) in [6, 6.07) is 11.9. The standard InChI is InChI=1S/C15H19N3O/c1-12-8-10-17-14(7-9-16)15(19)18(12)11-13-5-3-2-4-6-13/h2-6,12,14,17H,7-8,10-11H2,1H3. The van der Waals surface area contributed by atoms with Crippen LogP contribution in [-0.4, -0.2) is 29.4 Å². The molecule has 2 rings (SSSR count). The summed E-state index contributed by atoms with van der Waals surface area (Å²) < 4.78 is 0. The number of hydrogen-bond donors (Lipinski definition) is 1. The zero-order valence-corrected chi connectivity index (χ0v) is 11.2. The summed E-state index contributed by atoms with van der Waals surface area (Å²) in [5.74, 6) is 0.0374. The SMILES string of the molecule is CC1CCNC(CC#N)C(=O)N1Cc1ccccc1. The van der Waals surface area contributed by atoms with Gasteiger partial charge in [0.2, 0.25) is 5.91 Å². The maximum Gasteiger partial charge on any atom is 0.241 e. The average molecular weight is 257 g/mol. The molecule has 1 amide bonds. The number of nitriles is 1. The number of nitrogens with one attached hydrogen (secondary N) is 1. The lowest BCUT2D eigenvalue weighted by Crippen LogP contribution is -2.45. The van der Waals surface area contributed by atoms with Gasteiger partial charge >= 0.3 is 0 Å². The molecular formula is C15H19N3O. The molecule has 0 bridgehead atoms. The lowest BCUT2D eigenvalue weighted by molar-refractivity contribution is -0.135. The highest BCUT2D eigenvalue weighted by atomic mass is 16.2. The number of carbonyl (C=O) groups excluding carboxylic acids is 1. The lowest BCUT2D eigenvalue weighted by atomic mass is 10.1. The third kappa shape index (κ3) is 3.33. The Kier molecular flexibility index (Phi) is 4.53. The molecule has 0 aromatic heterocycles. The van der Waals surface area contributed by atoms with Crippen LogP contribution >= 0.6 is 0 Å². The molecule has 0 aliphatic carbocycles. The van der Waals surface area contributed by atoms with Crippen molar-refractivity contribution in [3.05, 3.63) is 35.9 Å². The highest BCUT2D eigenvalue weighted by Crippen LogP contribution is 2.16. The molecule has 0 spiro atoms. The average Bonchev–Trinajstić information content (AvgIpc) is 2.55. The summed E-state index contributed by atoms with van der Waals surface area (Å²) in [5, 5.41) is 12.0. The van der Waals surface area contributed by atoms with E-state index in [1.807, 2.05) is 35.2 Å². The van der Waals surface area contributed by atoms with Crippen molar-refractivity contribution in [3.8, 4) is 6.07 Å². The Morgan fingerprint density at radius 3 is 2.84 bits per heavy atom. The maximum atomic E-state index is 12.5. The van der Waals surface area contributed by atoms with Gasteiger partial charge in [0.1, 0.15) is 0 Å². The number of carbonyl (C=O) groups is 1. The molecule has 2 unspecified atom stereocenters. The largest absolute Gasteiger partial charge is 0.334 e. The van der Waals surface area contributed by atoms with Gasteiger partial charge in [0, 0.05) is 12.6 Å². The molecule has 1 aliphatic heterocycles. The minimum Gasteiger partial charge on any atom is -0.334 e. The molecule has 1 fully saturated rings. The second kappa shape index (κ2) is 6.35. The summed E-state index contributed by atoms with van der Waals surface area (Å²) in [7, 11) is 0. The van der Waals surface area contributed by atoms with Crippen LogP contribution < -0.4 is 5.32 Å². The van der Waals surface area contributed by atoms with Crippen LogP contribution in [0, 0.1) is 11.3 Å². The molecule has 100 valence electrons. The Hall–Kier alpha value is -1.86. The van der Waals surface area contributed by atoms with Gasteiger partial charge in [-0.25, -0.2) is 0 Å². The second-order valence-corrected chi connectivity index (χ2v) is 4.96. The van der Waals surface area contributed by atoms with Gasteiger partial charge in [-0.15, -0.1) is 0 Å². The highest BCUT2D eigenvalue weighted by Gasteiger charge is 2.30. The third-order valence-corrected chi connectivity index (χ3v) is 3.56. The van der Waals surface area contributed by atoms with Crippen molar-refractivity contribution in [3.63, 3.8) is 0 Å². The first-order valence-electron chi connectivity index (χ1n) is 6.67. The molecule has 0 radical (unpaired) electrons. The fourth-order valence-corrected chi connectivity index (χ4v) is 2.39. The normalized spacial score (nSPS) is 23.8. The fourth-order valence-electron chi connectivity index (χ4n) is 2.39. The predicted octanol–water partition coefficient (Wildman–Crippen LogP) is 1.68. The molecule has 2 atom stereocenters. The third-order valence-electron chi connectivity index (χ3n) is 3.56. The summed E-state index contributed by atoms with van der Waals surface area (Å²) >= 11 is 0. The van der Waals surface area contributed by atoms with E-state index in [1.165, 1.54) is 0 Å². The van der Waals surface area contributed by atoms with Crippen molar-refractivity contribution in [2.75, 3.05) is 6.54 Å². The van der Waals surface area contributed by atoms with E-state index in [2.05, 4.69) is 18.3 Å². The van der Waals surface area contributed by atoms with E-state index >= 15 is 0 Å². The van der Waals surface area contributed by atoms with Gasteiger partial charge in [-0.1, -0.05) is 30.3 Å². The van der Waals surface area contributed by atoms with Crippen LogP contribution in [-0.2, 0) is 11.3 Å². The van der Waals surface area contributed by atoms with Crippen LogP contribution in [0.25, 0.3) is 0 Å². The number of nitrogens with zero attached hydrogens (tertiary/aromatic N) is 2. The van der Waals surface area contributed by atoms with E-state index in [9.17, 15) is 4.79 Å². The molecule has 1 aromatic rings. The maximum absolute atomic E-state index is 12.5. The second-order valence-electron chi connectivity index (χ2n) is 4.96. The minimum absolute atomic E-state index is 0.0374. The van der Waals surface area contributed by atoms with Gasteiger partial charge < -0.3 is 10.2 Å². The molecule has 4 nitrogen and oxygen atoms in total. The van der Waals surface area contributed by atoms with Crippen molar-refractivity contribution >= 4 is 5.91 Å². The zero-order valence-electron chi connectivity index (χ0n) is 11.2. The monoisotopic (exact) mass is 257 g/mol. The van der Waals surface area contributed by atoms with Crippen LogP contribution in [0.4, 0.5) is 0 Å². The molecule has 19 heavy (non-hydrogen) atoms. The van der Waals surface area contributed by atoms with Crippen molar-refractivity contribution in [2.24, 2.45) is 0 Å². The van der Waals surface area contributed by atoms with Crippen LogP contribution in [0.1, 0.15) is 25.3 Å². The smallest absolute Gasteiger partial charge is 0.241 e. The Morgan fingerprint density at radius 1 is 1.42 bits per heavy atom. The van der Waals surface area contributed by atoms with Gasteiger partial charge in [0.25, 0.3) is 0 Å². The van der Waals surface area contributed by atoms with Crippen molar-refractivity contribution < 1.29 is 4.79 Å². The fraction of sp³-hybridized carbons (Fsp3) is 0.467. The Labute approximate surface area is 114 Å². The highest BCUT2D eigenvalue weighted by molar-refractivity contribution is 5.82. The minimum atomic E-state index is -0.362. The molecule has 4 heteroatoms. The molecular weight excluding hydrogens is 238 g/mol. The Balaban J connectivity index is 2.15. The summed E-state index contributed by atoms with van der Waals surface area (Å²) in [6.07, 6.45) is 1.15. The van der Waals surface area contributed by atoms with E-state index in [1.54, 1.807) is 0 Å². The molecule has 1 saturated heterocycles. The molecule has 1 heterocycles. The summed E-state index contributed by atoms with van der Waals surface area (Å²) in [5.41, 5.74) is 1.13. The van der Waals surface area contributed by atoms with Crippen molar-refractivity contribution in [1.82, 2.24) is 10.2 Å². The number of hydrogen-bond acceptors (Lipinski definition) is 3. The number of amides is 1. The van der Waals surface area contributed by atoms with Crippen molar-refractivity contribution in [2.45, 2.75) is 38.4 Å². The quantitative estimate of drug-likeness (QED) is 0.896. The van der Waals surface area contributed by atoms with E-state index in [4.69, 9.17) is 5.26 Å². The van der Waals surface area contributed by atoms with E-state index < -0.39 is 0 Å². The van der Waals surface area contributed by atoms with Gasteiger partial charge in [0.15, 0.2) is 0 Å². The van der Waals surface area contributed by atoms with Crippen LogP contribution in [0.5, 0.6) is 0 Å². The van der Waals surface area contributed by atoms with E-state index in [0.29, 0.717) is 6.54 Å². The van der Waals surface area contributed by atoms with Crippen LogP contribution in [0.15, 0.2) is 30.3 Å². The Morgan fingerprint density at radius 2 is 2.16 bits per heavy atom. The summed E-state index contributed by atoms with van der Waals surface area (Å²) in [6.45, 7) is 3.46. The zero-order chi connectivity index (χ0) is 13.7. The summed E-state index contributed by atoms with van der Waals surface area (Å²) in [4.78, 5) is 14.3. The van der Waals surface area contributed by atoms with Crippen molar-refractivity contribution in [1.29, 1.82) is 5.26 Å². The molecule has 1 N–H and O–H groups in total. The first-order valence-corrected chi connectivity index (χ1v) is 6.67. The van der Waals surface area contributed by atoms with Gasteiger partial charge in [-0.2, -0.15) is 5.26 Å². The number of rotatable bonds is 3. The van der Waals surface area contributed by atoms with Crippen LogP contribution in [0.3, 0.4) is 0 Å². The molecule has 1 aromatic carbocycles. The van der Waals surface area contributed by atoms with Gasteiger partial charge in [-0.05, 0) is 25.5 Å². The van der Waals surface area contributed by atoms with E-state index in [0.717, 1.165) is 18.5 Å². The van der Waals surface area contributed by atoms with Gasteiger partial charge in [0.05, 0.1) is 18.5 Å². The number of benzene rings is 1. The predicted molar refractivity (Wildman–Crippen MR) is 73.1 cm³/mol. The van der Waals surface area contributed by atoms with Gasteiger partial charge in [-0.3, -0.25) is 4.79 Å².